The van der Waals surface area contributed by atoms with Gasteiger partial charge in [-0.2, -0.15) is 0 Å². The van der Waals surface area contributed by atoms with Crippen LogP contribution in [0, 0.1) is 5.92 Å². The van der Waals surface area contributed by atoms with Crippen LogP contribution in [0.15, 0.2) is 0 Å². The number of aliphatic carboxylic acids is 1. The lowest BCUT2D eigenvalue weighted by Gasteiger charge is -2.39. The van der Waals surface area contributed by atoms with Crippen molar-refractivity contribution in [1.82, 2.24) is 4.90 Å². The summed E-state index contributed by atoms with van der Waals surface area (Å²) in [4.78, 5) is 33.9. The number of carboxylic acid groups (broad SMARTS) is 1. The molecule has 1 rings (SSSR count). The average molecular weight is 200 g/mol. The number of primary amides is 1. The topological polar surface area (TPSA) is 101 Å². The molecular weight excluding hydrogens is 188 g/mol. The first kappa shape index (κ1) is 10.5. The largest absolute Gasteiger partial charge is 0.481 e. The highest BCUT2D eigenvalue weighted by Crippen LogP contribution is 2.19. The minimum atomic E-state index is -1.19. The monoisotopic (exact) mass is 200 g/mol. The molecule has 1 saturated heterocycles. The molecule has 6 nitrogen and oxygen atoms in total. The summed E-state index contributed by atoms with van der Waals surface area (Å²) in [5, 5.41) is 8.58. The van der Waals surface area contributed by atoms with Crippen LogP contribution in [0.2, 0.25) is 0 Å². The Bertz CT molecular complexity index is 289. The van der Waals surface area contributed by atoms with Crippen LogP contribution in [0.25, 0.3) is 0 Å². The molecule has 2 atom stereocenters. The number of nitrogens with zero attached hydrogens (tertiary/aromatic N) is 1. The number of hydrogen-bond donors (Lipinski definition) is 2. The van der Waals surface area contributed by atoms with Gasteiger partial charge in [0, 0.05) is 6.54 Å². The summed E-state index contributed by atoms with van der Waals surface area (Å²) >= 11 is 0. The predicted octanol–water partition coefficient (Wildman–Crippen LogP) is -1.21. The van der Waals surface area contributed by atoms with Crippen LogP contribution in [-0.2, 0) is 14.4 Å². The molecule has 2 unspecified atom stereocenters. The van der Waals surface area contributed by atoms with E-state index in [0.29, 0.717) is 13.0 Å². The highest BCUT2D eigenvalue weighted by molar-refractivity contribution is 5.99. The standard InChI is InChI=1S/C8H12N2O4/c1-4(8(13)14)7(12)10-3-2-5(10)6(9)11/h4-5H,2-3H2,1H3,(H2,9,11)(H,13,14). The summed E-state index contributed by atoms with van der Waals surface area (Å²) in [7, 11) is 0. The molecule has 14 heavy (non-hydrogen) atoms. The van der Waals surface area contributed by atoms with Crippen LogP contribution in [0.4, 0.5) is 0 Å². The molecule has 0 aromatic carbocycles. The number of carbonyl (C=O) groups excluding carboxylic acids is 2. The quantitative estimate of drug-likeness (QED) is 0.558. The van der Waals surface area contributed by atoms with Gasteiger partial charge in [-0.05, 0) is 13.3 Å². The van der Waals surface area contributed by atoms with Crippen molar-refractivity contribution in [3.63, 3.8) is 0 Å². The molecule has 2 amide bonds. The maximum atomic E-state index is 11.4. The van der Waals surface area contributed by atoms with Gasteiger partial charge in [-0.3, -0.25) is 14.4 Å². The van der Waals surface area contributed by atoms with E-state index >= 15 is 0 Å². The van der Waals surface area contributed by atoms with Crippen molar-refractivity contribution in [2.45, 2.75) is 19.4 Å². The Kier molecular flexibility index (Phi) is 2.73. The minimum absolute atomic E-state index is 0.407. The number of nitrogens with two attached hydrogens (primary N) is 1. The molecule has 6 heteroatoms. The van der Waals surface area contributed by atoms with Gasteiger partial charge in [0.1, 0.15) is 12.0 Å². The Morgan fingerprint density at radius 2 is 2.07 bits per heavy atom. The third kappa shape index (κ3) is 1.68. The summed E-state index contributed by atoms with van der Waals surface area (Å²) in [5.41, 5.74) is 5.02. The minimum Gasteiger partial charge on any atom is -0.481 e. The van der Waals surface area contributed by atoms with E-state index in [2.05, 4.69) is 0 Å². The van der Waals surface area contributed by atoms with Gasteiger partial charge in [0.2, 0.25) is 11.8 Å². The van der Waals surface area contributed by atoms with E-state index in [1.807, 2.05) is 0 Å². The van der Waals surface area contributed by atoms with E-state index in [-0.39, 0.29) is 0 Å². The lowest BCUT2D eigenvalue weighted by Crippen LogP contribution is -2.59. The zero-order valence-electron chi connectivity index (χ0n) is 7.77. The Morgan fingerprint density at radius 1 is 1.50 bits per heavy atom. The molecule has 1 fully saturated rings. The van der Waals surface area contributed by atoms with E-state index in [1.165, 1.54) is 11.8 Å². The van der Waals surface area contributed by atoms with E-state index in [1.54, 1.807) is 0 Å². The third-order valence-corrected chi connectivity index (χ3v) is 2.37. The molecule has 0 radical (unpaired) electrons. The van der Waals surface area contributed by atoms with Crippen LogP contribution in [0.3, 0.4) is 0 Å². The highest BCUT2D eigenvalue weighted by Gasteiger charge is 2.39. The Labute approximate surface area is 80.7 Å². The number of likely N-dealkylation sites (tertiary alicyclic amines) is 1. The molecule has 0 aromatic rings. The summed E-state index contributed by atoms with van der Waals surface area (Å²) in [6.45, 7) is 1.70. The van der Waals surface area contributed by atoms with Gasteiger partial charge in [0.05, 0.1) is 0 Å². The van der Waals surface area contributed by atoms with Crippen molar-refractivity contribution in [2.75, 3.05) is 6.54 Å². The Balaban J connectivity index is 2.62. The lowest BCUT2D eigenvalue weighted by atomic mass is 9.99. The second kappa shape index (κ2) is 3.65. The SMILES string of the molecule is CC(C(=O)O)C(=O)N1CCC1C(N)=O. The number of hydrogen-bond acceptors (Lipinski definition) is 3. The van der Waals surface area contributed by atoms with Gasteiger partial charge in [0.15, 0.2) is 0 Å². The van der Waals surface area contributed by atoms with E-state index in [0.717, 1.165) is 0 Å². The Morgan fingerprint density at radius 3 is 2.36 bits per heavy atom. The zero-order chi connectivity index (χ0) is 10.9. The van der Waals surface area contributed by atoms with Gasteiger partial charge < -0.3 is 15.7 Å². The second-order valence-electron chi connectivity index (χ2n) is 3.30. The lowest BCUT2D eigenvalue weighted by molar-refractivity contribution is -0.157. The van der Waals surface area contributed by atoms with E-state index in [9.17, 15) is 14.4 Å². The van der Waals surface area contributed by atoms with Gasteiger partial charge >= 0.3 is 5.97 Å². The molecule has 0 aliphatic carbocycles. The van der Waals surface area contributed by atoms with Crippen molar-refractivity contribution in [3.8, 4) is 0 Å². The molecular formula is C8H12N2O4. The normalized spacial score (nSPS) is 22.4. The van der Waals surface area contributed by atoms with E-state index in [4.69, 9.17) is 10.8 Å². The first-order valence-corrected chi connectivity index (χ1v) is 4.27. The summed E-state index contributed by atoms with van der Waals surface area (Å²) in [5.74, 6) is -3.43. The van der Waals surface area contributed by atoms with Crippen LogP contribution in [-0.4, -0.2) is 40.4 Å². The smallest absolute Gasteiger partial charge is 0.315 e. The number of carbonyl (C=O) groups is 3. The van der Waals surface area contributed by atoms with Crippen molar-refractivity contribution in [1.29, 1.82) is 0 Å². The van der Waals surface area contributed by atoms with Crippen molar-refractivity contribution in [3.05, 3.63) is 0 Å². The molecule has 0 saturated carbocycles. The molecule has 3 N–H and O–H groups in total. The van der Waals surface area contributed by atoms with Crippen LogP contribution >= 0.6 is 0 Å². The average Bonchev–Trinajstić information content (AvgIpc) is 1.99. The molecule has 78 valence electrons. The molecule has 1 aliphatic heterocycles. The fraction of sp³-hybridized carbons (Fsp3) is 0.625. The first-order chi connectivity index (χ1) is 6.45. The van der Waals surface area contributed by atoms with Gasteiger partial charge in [-0.25, -0.2) is 0 Å². The highest BCUT2D eigenvalue weighted by atomic mass is 16.4. The predicted molar refractivity (Wildman–Crippen MR) is 46.1 cm³/mol. The van der Waals surface area contributed by atoms with E-state index < -0.39 is 29.7 Å². The zero-order valence-corrected chi connectivity index (χ0v) is 7.77. The Hall–Kier alpha value is -1.59. The maximum absolute atomic E-state index is 11.4. The maximum Gasteiger partial charge on any atom is 0.315 e. The third-order valence-electron chi connectivity index (χ3n) is 2.37. The van der Waals surface area contributed by atoms with Crippen LogP contribution < -0.4 is 5.73 Å². The number of carboxylic acids is 1. The second-order valence-corrected chi connectivity index (χ2v) is 3.30. The summed E-state index contributed by atoms with van der Waals surface area (Å²) in [6.07, 6.45) is 0.521. The fourth-order valence-corrected chi connectivity index (χ4v) is 1.30. The van der Waals surface area contributed by atoms with Crippen LogP contribution in [0.5, 0.6) is 0 Å². The molecule has 0 aromatic heterocycles. The van der Waals surface area contributed by atoms with Gasteiger partial charge in [0.25, 0.3) is 0 Å². The molecule has 0 spiro atoms. The van der Waals surface area contributed by atoms with Crippen LogP contribution in [0.1, 0.15) is 13.3 Å². The summed E-state index contributed by atoms with van der Waals surface area (Å²) in [6, 6.07) is -0.621. The fourth-order valence-electron chi connectivity index (χ4n) is 1.30. The van der Waals surface area contributed by atoms with Crippen molar-refractivity contribution in [2.24, 2.45) is 11.7 Å². The van der Waals surface area contributed by atoms with Gasteiger partial charge in [-0.1, -0.05) is 0 Å². The summed E-state index contributed by atoms with van der Waals surface area (Å²) < 4.78 is 0. The van der Waals surface area contributed by atoms with Crippen molar-refractivity contribution < 1.29 is 19.5 Å². The number of amides is 2. The van der Waals surface area contributed by atoms with Gasteiger partial charge in [-0.15, -0.1) is 0 Å². The number of rotatable bonds is 3. The molecule has 1 aliphatic rings. The molecule has 0 bridgehead atoms. The first-order valence-electron chi connectivity index (χ1n) is 4.27. The van der Waals surface area contributed by atoms with Crippen molar-refractivity contribution >= 4 is 17.8 Å². The molecule has 1 heterocycles.